The van der Waals surface area contributed by atoms with Gasteiger partial charge in [-0.25, -0.2) is 9.69 Å². The van der Waals surface area contributed by atoms with E-state index in [4.69, 9.17) is 4.74 Å². The number of rotatable bonds is 5. The van der Waals surface area contributed by atoms with Crippen LogP contribution in [0.2, 0.25) is 0 Å². The first-order valence-electron chi connectivity index (χ1n) is 9.90. The van der Waals surface area contributed by atoms with Gasteiger partial charge in [0.15, 0.2) is 0 Å². The molecule has 0 radical (unpaired) electrons. The SMILES string of the molecule is C[C@@H]1[C@H](c2ccccc2)OC(=O)N1C(=O)C(I)C(c1ccccc1)c1ccccc1. The minimum Gasteiger partial charge on any atom is -0.439 e. The summed E-state index contributed by atoms with van der Waals surface area (Å²) in [6.07, 6.45) is -1.04. The second-order valence-corrected chi connectivity index (χ2v) is 8.71. The van der Waals surface area contributed by atoms with Crippen molar-refractivity contribution in [2.45, 2.75) is 28.9 Å². The lowest BCUT2D eigenvalue weighted by Gasteiger charge is -2.27. The second kappa shape index (κ2) is 9.00. The van der Waals surface area contributed by atoms with Gasteiger partial charge in [0.2, 0.25) is 5.91 Å². The van der Waals surface area contributed by atoms with Crippen LogP contribution in [0.15, 0.2) is 91.0 Å². The highest BCUT2D eigenvalue weighted by atomic mass is 127. The summed E-state index contributed by atoms with van der Waals surface area (Å²) < 4.78 is 5.14. The van der Waals surface area contributed by atoms with Crippen molar-refractivity contribution in [1.82, 2.24) is 4.90 Å². The van der Waals surface area contributed by atoms with E-state index in [1.165, 1.54) is 4.90 Å². The molecular weight excluding hydrogens is 489 g/mol. The van der Waals surface area contributed by atoms with Crippen molar-refractivity contribution in [3.8, 4) is 0 Å². The van der Waals surface area contributed by atoms with Crippen LogP contribution in [0.3, 0.4) is 0 Å². The van der Waals surface area contributed by atoms with Crippen molar-refractivity contribution in [2.24, 2.45) is 0 Å². The summed E-state index contributed by atoms with van der Waals surface area (Å²) in [6.45, 7) is 1.86. The van der Waals surface area contributed by atoms with E-state index >= 15 is 0 Å². The quantitative estimate of drug-likeness (QED) is 0.325. The van der Waals surface area contributed by atoms with Crippen LogP contribution in [0.25, 0.3) is 0 Å². The van der Waals surface area contributed by atoms with Gasteiger partial charge in [0.05, 0.1) is 6.04 Å². The fourth-order valence-electron chi connectivity index (χ4n) is 3.97. The van der Waals surface area contributed by atoms with Gasteiger partial charge in [-0.15, -0.1) is 0 Å². The number of hydrogen-bond acceptors (Lipinski definition) is 3. The number of amides is 2. The van der Waals surface area contributed by atoms with Crippen molar-refractivity contribution >= 4 is 34.6 Å². The Balaban J connectivity index is 1.64. The summed E-state index contributed by atoms with van der Waals surface area (Å²) in [6, 6.07) is 29.1. The van der Waals surface area contributed by atoms with E-state index in [1.807, 2.05) is 97.9 Å². The molecule has 1 fully saturated rings. The zero-order chi connectivity index (χ0) is 21.1. The van der Waals surface area contributed by atoms with Crippen molar-refractivity contribution in [1.29, 1.82) is 0 Å². The van der Waals surface area contributed by atoms with Crippen molar-refractivity contribution in [2.75, 3.05) is 0 Å². The van der Waals surface area contributed by atoms with Crippen LogP contribution in [0, 0.1) is 0 Å². The normalized spacial score (nSPS) is 19.6. The number of halogens is 1. The number of ether oxygens (including phenoxy) is 1. The zero-order valence-corrected chi connectivity index (χ0v) is 18.7. The molecule has 0 spiro atoms. The first kappa shape index (κ1) is 20.6. The smallest absolute Gasteiger partial charge is 0.417 e. The molecule has 4 rings (SSSR count). The van der Waals surface area contributed by atoms with E-state index in [9.17, 15) is 9.59 Å². The van der Waals surface area contributed by atoms with Gasteiger partial charge < -0.3 is 4.74 Å². The number of imide groups is 1. The maximum absolute atomic E-state index is 13.5. The van der Waals surface area contributed by atoms with Crippen LogP contribution >= 0.6 is 22.6 Å². The van der Waals surface area contributed by atoms with Crippen molar-refractivity contribution in [3.63, 3.8) is 0 Å². The average Bonchev–Trinajstić information content (AvgIpc) is 3.09. The first-order valence-corrected chi connectivity index (χ1v) is 11.1. The van der Waals surface area contributed by atoms with Gasteiger partial charge in [-0.05, 0) is 23.6 Å². The molecule has 3 aromatic rings. The summed E-state index contributed by atoms with van der Waals surface area (Å²) in [5.41, 5.74) is 2.97. The Morgan fingerprint density at radius 2 is 1.33 bits per heavy atom. The molecule has 30 heavy (non-hydrogen) atoms. The summed E-state index contributed by atoms with van der Waals surface area (Å²) >= 11 is 2.17. The van der Waals surface area contributed by atoms with Crippen molar-refractivity contribution < 1.29 is 14.3 Å². The number of nitrogens with zero attached hydrogens (tertiary/aromatic N) is 1. The minimum absolute atomic E-state index is 0.170. The summed E-state index contributed by atoms with van der Waals surface area (Å²) in [7, 11) is 0. The third-order valence-corrected chi connectivity index (χ3v) is 6.73. The fourth-order valence-corrected chi connectivity index (χ4v) is 5.10. The zero-order valence-electron chi connectivity index (χ0n) is 16.5. The lowest BCUT2D eigenvalue weighted by molar-refractivity contribution is -0.128. The van der Waals surface area contributed by atoms with Gasteiger partial charge in [0.25, 0.3) is 0 Å². The van der Waals surface area contributed by atoms with E-state index < -0.39 is 16.1 Å². The molecule has 1 aliphatic heterocycles. The van der Waals surface area contributed by atoms with Crippen LogP contribution < -0.4 is 0 Å². The Kier molecular flexibility index (Phi) is 6.18. The average molecular weight is 511 g/mol. The standard InChI is InChI=1S/C25H22INO3/c1-17-23(20-15-9-4-10-16-20)30-25(29)27(17)24(28)22(26)21(18-11-5-2-6-12-18)19-13-7-3-8-14-19/h2-17,21-23H,1H3/t17-,22?,23-/m1/s1. The molecule has 1 heterocycles. The Labute approximate surface area is 190 Å². The van der Waals surface area contributed by atoms with E-state index in [2.05, 4.69) is 22.6 Å². The van der Waals surface area contributed by atoms with Gasteiger partial charge >= 0.3 is 6.09 Å². The van der Waals surface area contributed by atoms with Gasteiger partial charge in [-0.1, -0.05) is 114 Å². The highest BCUT2D eigenvalue weighted by molar-refractivity contribution is 14.1. The highest BCUT2D eigenvalue weighted by Gasteiger charge is 2.46. The molecule has 1 unspecified atom stereocenters. The number of cyclic esters (lactones) is 1. The molecule has 2 amide bonds. The Hall–Kier alpha value is -2.67. The van der Waals surface area contributed by atoms with E-state index in [1.54, 1.807) is 0 Å². The number of carbonyl (C=O) groups excluding carboxylic acids is 2. The lowest BCUT2D eigenvalue weighted by Crippen LogP contribution is -2.44. The molecule has 3 aromatic carbocycles. The summed E-state index contributed by atoms with van der Waals surface area (Å²) in [5.74, 6) is -0.402. The predicted molar refractivity (Wildman–Crippen MR) is 125 cm³/mol. The monoisotopic (exact) mass is 511 g/mol. The largest absolute Gasteiger partial charge is 0.439 e. The highest BCUT2D eigenvalue weighted by Crippen LogP contribution is 2.38. The van der Waals surface area contributed by atoms with E-state index in [-0.39, 0.29) is 17.9 Å². The maximum Gasteiger partial charge on any atom is 0.417 e. The van der Waals surface area contributed by atoms with Crippen LogP contribution in [0.5, 0.6) is 0 Å². The lowest BCUT2D eigenvalue weighted by atomic mass is 9.88. The molecule has 1 saturated heterocycles. The molecule has 1 aliphatic rings. The second-order valence-electron chi connectivity index (χ2n) is 7.36. The minimum atomic E-state index is -0.581. The fraction of sp³-hybridized carbons (Fsp3) is 0.200. The van der Waals surface area contributed by atoms with Gasteiger partial charge in [0, 0.05) is 5.92 Å². The predicted octanol–water partition coefficient (Wildman–Crippen LogP) is 5.73. The van der Waals surface area contributed by atoms with E-state index in [0.717, 1.165) is 16.7 Å². The van der Waals surface area contributed by atoms with Gasteiger partial charge in [-0.2, -0.15) is 0 Å². The maximum atomic E-state index is 13.5. The van der Waals surface area contributed by atoms with Crippen LogP contribution in [-0.4, -0.2) is 26.9 Å². The first-order chi connectivity index (χ1) is 14.6. The number of benzene rings is 3. The molecule has 4 nitrogen and oxygen atoms in total. The molecule has 3 atom stereocenters. The van der Waals surface area contributed by atoms with Crippen LogP contribution in [0.4, 0.5) is 4.79 Å². The molecule has 0 N–H and O–H groups in total. The number of carbonyl (C=O) groups is 2. The molecule has 152 valence electrons. The molecule has 0 saturated carbocycles. The molecule has 0 aromatic heterocycles. The van der Waals surface area contributed by atoms with Crippen molar-refractivity contribution in [3.05, 3.63) is 108 Å². The topological polar surface area (TPSA) is 46.6 Å². The molecule has 0 bridgehead atoms. The van der Waals surface area contributed by atoms with Crippen LogP contribution in [0.1, 0.15) is 35.6 Å². The Bertz CT molecular complexity index is 971. The Morgan fingerprint density at radius 1 is 0.867 bits per heavy atom. The van der Waals surface area contributed by atoms with Gasteiger partial charge in [-0.3, -0.25) is 4.79 Å². The van der Waals surface area contributed by atoms with Crippen LogP contribution in [-0.2, 0) is 9.53 Å². The third-order valence-electron chi connectivity index (χ3n) is 5.48. The molecule has 5 heteroatoms. The summed E-state index contributed by atoms with van der Waals surface area (Å²) in [5, 5.41) is 0. The number of hydrogen-bond donors (Lipinski definition) is 0. The Morgan fingerprint density at radius 3 is 1.83 bits per heavy atom. The molecular formula is C25H22INO3. The van der Waals surface area contributed by atoms with Gasteiger partial charge in [0.1, 0.15) is 10.0 Å². The summed E-state index contributed by atoms with van der Waals surface area (Å²) in [4.78, 5) is 27.5. The molecule has 0 aliphatic carbocycles. The van der Waals surface area contributed by atoms with E-state index in [0.29, 0.717) is 0 Å². The third kappa shape index (κ3) is 3.99. The number of alkyl halides is 1.